The van der Waals surface area contributed by atoms with E-state index >= 15 is 0 Å². The summed E-state index contributed by atoms with van der Waals surface area (Å²) in [4.78, 5) is 22.1. The highest BCUT2D eigenvalue weighted by Crippen LogP contribution is 2.27. The molecule has 4 heterocycles. The summed E-state index contributed by atoms with van der Waals surface area (Å²) >= 11 is 1.53. The van der Waals surface area contributed by atoms with Crippen molar-refractivity contribution in [2.24, 2.45) is 0 Å². The Hall–Kier alpha value is -1.45. The molecule has 0 aromatic carbocycles. The first kappa shape index (κ1) is 16.0. The Morgan fingerprint density at radius 1 is 1.33 bits per heavy atom. The Bertz CT molecular complexity index is 844. The molecule has 0 radical (unpaired) electrons. The number of piperazine rings is 1. The van der Waals surface area contributed by atoms with Gasteiger partial charge in [0.2, 0.25) is 5.91 Å². The van der Waals surface area contributed by atoms with Crippen molar-refractivity contribution >= 4 is 32.0 Å². The fourth-order valence-electron chi connectivity index (χ4n) is 3.84. The minimum atomic E-state index is -3.08. The number of hydrogen-bond acceptors (Lipinski definition) is 6. The van der Waals surface area contributed by atoms with Crippen LogP contribution in [0.15, 0.2) is 17.8 Å². The molecule has 130 valence electrons. The smallest absolute Gasteiger partial charge is 0.229 e. The summed E-state index contributed by atoms with van der Waals surface area (Å²) in [5, 5.41) is 1.95. The van der Waals surface area contributed by atoms with Gasteiger partial charge in [-0.1, -0.05) is 6.92 Å². The zero-order valence-electron chi connectivity index (χ0n) is 13.5. The number of carbonyl (C=O) groups is 1. The van der Waals surface area contributed by atoms with Gasteiger partial charge in [0, 0.05) is 36.9 Å². The van der Waals surface area contributed by atoms with E-state index in [-0.39, 0.29) is 35.9 Å². The second-order valence-corrected chi connectivity index (χ2v) is 9.46. The van der Waals surface area contributed by atoms with Crippen LogP contribution in [0.3, 0.4) is 0 Å². The van der Waals surface area contributed by atoms with Crippen molar-refractivity contribution in [3.05, 3.63) is 23.5 Å². The quantitative estimate of drug-likeness (QED) is 0.777. The standard InChI is InChI=1S/C15H20N4O3S2/c1-2-17-3-4-19(13-10-24(21,22)9-12(13)17)14(20)7-11-8-18-5-6-23-15(18)16-11/h5-6,8,12-13H,2-4,7,9-10H2,1H3/t12-,13+/m1/s1. The first-order chi connectivity index (χ1) is 11.5. The number of sulfone groups is 1. The molecule has 1 amide bonds. The van der Waals surface area contributed by atoms with Gasteiger partial charge in [0.25, 0.3) is 0 Å². The number of amides is 1. The van der Waals surface area contributed by atoms with E-state index in [2.05, 4.69) is 9.88 Å². The monoisotopic (exact) mass is 368 g/mol. The summed E-state index contributed by atoms with van der Waals surface area (Å²) in [6, 6.07) is -0.289. The van der Waals surface area contributed by atoms with Crippen molar-refractivity contribution in [1.29, 1.82) is 0 Å². The highest BCUT2D eigenvalue weighted by Gasteiger charge is 2.47. The Kier molecular flexibility index (Phi) is 3.89. The number of imidazole rings is 1. The van der Waals surface area contributed by atoms with Crippen LogP contribution < -0.4 is 0 Å². The van der Waals surface area contributed by atoms with Gasteiger partial charge in [0.05, 0.1) is 29.7 Å². The molecule has 0 spiro atoms. The van der Waals surface area contributed by atoms with Gasteiger partial charge < -0.3 is 4.90 Å². The van der Waals surface area contributed by atoms with Crippen molar-refractivity contribution < 1.29 is 13.2 Å². The van der Waals surface area contributed by atoms with E-state index in [0.717, 1.165) is 23.7 Å². The second-order valence-electron chi connectivity index (χ2n) is 6.43. The van der Waals surface area contributed by atoms with Gasteiger partial charge in [-0.2, -0.15) is 0 Å². The second kappa shape index (κ2) is 5.82. The minimum absolute atomic E-state index is 0.0244. The third-order valence-electron chi connectivity index (χ3n) is 4.99. The molecule has 2 aliphatic heterocycles. The Morgan fingerprint density at radius 2 is 2.12 bits per heavy atom. The van der Waals surface area contributed by atoms with Gasteiger partial charge in [-0.05, 0) is 6.54 Å². The lowest BCUT2D eigenvalue weighted by Gasteiger charge is -2.43. The SMILES string of the molecule is CCN1CCN(C(=O)Cc2cn3ccsc3n2)[C@H]2CS(=O)(=O)C[C@H]21. The molecule has 0 N–H and O–H groups in total. The van der Waals surface area contributed by atoms with E-state index in [9.17, 15) is 13.2 Å². The number of rotatable bonds is 3. The molecule has 2 aromatic heterocycles. The van der Waals surface area contributed by atoms with E-state index in [1.54, 1.807) is 4.90 Å². The first-order valence-corrected chi connectivity index (χ1v) is 10.8. The largest absolute Gasteiger partial charge is 0.335 e. The van der Waals surface area contributed by atoms with Crippen LogP contribution >= 0.6 is 11.3 Å². The van der Waals surface area contributed by atoms with Gasteiger partial charge in [-0.3, -0.25) is 14.1 Å². The average Bonchev–Trinajstić information content (AvgIpc) is 3.17. The molecule has 2 saturated heterocycles. The number of aromatic nitrogens is 2. The molecule has 2 atom stereocenters. The van der Waals surface area contributed by atoms with Crippen LogP contribution in [0.5, 0.6) is 0 Å². The summed E-state index contributed by atoms with van der Waals surface area (Å²) in [5.74, 6) is 0.219. The van der Waals surface area contributed by atoms with Crippen LogP contribution in [-0.2, 0) is 21.1 Å². The average molecular weight is 368 g/mol. The summed E-state index contributed by atoms with van der Waals surface area (Å²) in [6.07, 6.45) is 4.01. The van der Waals surface area contributed by atoms with E-state index in [4.69, 9.17) is 0 Å². The van der Waals surface area contributed by atoms with Crippen molar-refractivity contribution in [2.45, 2.75) is 25.4 Å². The maximum absolute atomic E-state index is 12.8. The van der Waals surface area contributed by atoms with E-state index in [1.807, 2.05) is 29.1 Å². The van der Waals surface area contributed by atoms with Crippen LogP contribution in [0.1, 0.15) is 12.6 Å². The predicted octanol–water partition coefficient (Wildman–Crippen LogP) is 0.268. The Morgan fingerprint density at radius 3 is 2.88 bits per heavy atom. The van der Waals surface area contributed by atoms with Crippen molar-refractivity contribution in [2.75, 3.05) is 31.1 Å². The molecule has 24 heavy (non-hydrogen) atoms. The fraction of sp³-hybridized carbons (Fsp3) is 0.600. The first-order valence-electron chi connectivity index (χ1n) is 8.12. The topological polar surface area (TPSA) is 75.0 Å². The third-order valence-corrected chi connectivity index (χ3v) is 7.46. The van der Waals surface area contributed by atoms with Gasteiger partial charge in [0.1, 0.15) is 0 Å². The van der Waals surface area contributed by atoms with E-state index in [1.165, 1.54) is 11.3 Å². The van der Waals surface area contributed by atoms with Gasteiger partial charge in [-0.15, -0.1) is 11.3 Å². The third kappa shape index (κ3) is 2.74. The predicted molar refractivity (Wildman–Crippen MR) is 92.0 cm³/mol. The lowest BCUT2D eigenvalue weighted by Crippen LogP contribution is -2.60. The molecule has 9 heteroatoms. The molecule has 0 aliphatic carbocycles. The van der Waals surface area contributed by atoms with Crippen LogP contribution in [0.25, 0.3) is 4.96 Å². The number of hydrogen-bond donors (Lipinski definition) is 0. The van der Waals surface area contributed by atoms with Crippen molar-refractivity contribution in [3.63, 3.8) is 0 Å². The molecule has 2 aliphatic rings. The molecule has 2 fully saturated rings. The van der Waals surface area contributed by atoms with Crippen molar-refractivity contribution in [1.82, 2.24) is 19.2 Å². The summed E-state index contributed by atoms with van der Waals surface area (Å²) in [6.45, 7) is 4.18. The van der Waals surface area contributed by atoms with Crippen molar-refractivity contribution in [3.8, 4) is 0 Å². The van der Waals surface area contributed by atoms with Gasteiger partial charge in [0.15, 0.2) is 14.8 Å². The summed E-state index contributed by atoms with van der Waals surface area (Å²) in [5.41, 5.74) is 0.738. The molecule has 0 saturated carbocycles. The zero-order chi connectivity index (χ0) is 16.9. The summed E-state index contributed by atoms with van der Waals surface area (Å²) < 4.78 is 26.1. The molecular weight excluding hydrogens is 348 g/mol. The fourth-order valence-corrected chi connectivity index (χ4v) is 6.58. The van der Waals surface area contributed by atoms with Crippen LogP contribution in [-0.4, -0.2) is 76.7 Å². The molecule has 0 unspecified atom stereocenters. The number of likely N-dealkylation sites (N-methyl/N-ethyl adjacent to an activating group) is 1. The number of carbonyl (C=O) groups excluding carboxylic acids is 1. The van der Waals surface area contributed by atoms with E-state index < -0.39 is 9.84 Å². The molecule has 4 rings (SSSR count). The number of fused-ring (bicyclic) bond motifs is 2. The highest BCUT2D eigenvalue weighted by atomic mass is 32.2. The minimum Gasteiger partial charge on any atom is -0.335 e. The number of nitrogens with zero attached hydrogens (tertiary/aromatic N) is 4. The lowest BCUT2D eigenvalue weighted by atomic mass is 10.0. The summed E-state index contributed by atoms with van der Waals surface area (Å²) in [7, 11) is -3.08. The normalized spacial score (nSPS) is 26.8. The van der Waals surface area contributed by atoms with Gasteiger partial charge in [-0.25, -0.2) is 13.4 Å². The molecule has 7 nitrogen and oxygen atoms in total. The molecule has 2 aromatic rings. The Labute approximate surface area is 144 Å². The number of thiazole rings is 1. The van der Waals surface area contributed by atoms with Crippen LogP contribution in [0.2, 0.25) is 0 Å². The van der Waals surface area contributed by atoms with Crippen LogP contribution in [0.4, 0.5) is 0 Å². The zero-order valence-corrected chi connectivity index (χ0v) is 15.1. The Balaban J connectivity index is 1.54. The van der Waals surface area contributed by atoms with E-state index in [0.29, 0.717) is 6.54 Å². The lowest BCUT2D eigenvalue weighted by molar-refractivity contribution is -0.136. The maximum atomic E-state index is 12.8. The molecule has 0 bridgehead atoms. The van der Waals surface area contributed by atoms with Gasteiger partial charge >= 0.3 is 0 Å². The highest BCUT2D eigenvalue weighted by molar-refractivity contribution is 7.91. The molecular formula is C15H20N4O3S2. The maximum Gasteiger partial charge on any atom is 0.229 e. The van der Waals surface area contributed by atoms with Crippen LogP contribution in [0, 0.1) is 0 Å².